The molecule has 0 atom stereocenters. The zero-order valence-electron chi connectivity index (χ0n) is 16.8. The summed E-state index contributed by atoms with van der Waals surface area (Å²) in [7, 11) is 0.0270. The van der Waals surface area contributed by atoms with Crippen LogP contribution in [-0.2, 0) is 14.8 Å². The third-order valence-electron chi connectivity index (χ3n) is 4.08. The minimum Gasteiger partial charge on any atom is -0.495 e. The molecule has 0 aliphatic rings. The molecule has 2 aromatic carbocycles. The van der Waals surface area contributed by atoms with E-state index in [9.17, 15) is 13.2 Å². The van der Waals surface area contributed by atoms with Crippen molar-refractivity contribution in [1.29, 1.82) is 0 Å². The first-order valence-corrected chi connectivity index (χ1v) is 10.6. The molecule has 1 N–H and O–H groups in total. The number of ether oxygens (including phenoxy) is 3. The molecule has 0 aromatic heterocycles. The first-order valence-electron chi connectivity index (χ1n) is 8.74. The fourth-order valence-electron chi connectivity index (χ4n) is 2.63. The highest BCUT2D eigenvalue weighted by molar-refractivity contribution is 7.92. The van der Waals surface area contributed by atoms with Crippen molar-refractivity contribution in [2.45, 2.75) is 4.90 Å². The number of amides is 1. The molecule has 8 nitrogen and oxygen atoms in total. The predicted molar refractivity (Wildman–Crippen MR) is 115 cm³/mol. The molecule has 0 aliphatic heterocycles. The summed E-state index contributed by atoms with van der Waals surface area (Å²) < 4.78 is 43.6. The number of methoxy groups -OCH3 is 3. The predicted octanol–water partition coefficient (Wildman–Crippen LogP) is 2.86. The lowest BCUT2D eigenvalue weighted by molar-refractivity contribution is -0.119. The van der Waals surface area contributed by atoms with Crippen LogP contribution >= 0.6 is 11.6 Å². The average molecular weight is 455 g/mol. The number of hydrogen-bond donors (Lipinski definition) is 1. The van der Waals surface area contributed by atoms with Gasteiger partial charge in [-0.05, 0) is 30.3 Å². The standard InChI is InChI=1S/C20H23ClN2O6S/c1-5-10-22-20(24)13-23(16-11-14(21)6-8-17(16)27-2)30(25,26)15-7-9-18(28-3)19(12-15)29-4/h5-9,11-12H,1,10,13H2,2-4H3,(H,22,24). The normalized spacial score (nSPS) is 10.8. The Morgan fingerprint density at radius 1 is 1.07 bits per heavy atom. The van der Waals surface area contributed by atoms with Crippen molar-refractivity contribution in [2.75, 3.05) is 38.7 Å². The Labute approximate surface area is 181 Å². The van der Waals surface area contributed by atoms with Crippen LogP contribution in [0.1, 0.15) is 0 Å². The summed E-state index contributed by atoms with van der Waals surface area (Å²) in [5.74, 6) is 0.306. The van der Waals surface area contributed by atoms with E-state index in [1.165, 1.54) is 57.7 Å². The van der Waals surface area contributed by atoms with Crippen LogP contribution in [0.3, 0.4) is 0 Å². The van der Waals surface area contributed by atoms with E-state index in [0.717, 1.165) is 4.31 Å². The molecule has 1 amide bonds. The fourth-order valence-corrected chi connectivity index (χ4v) is 4.24. The van der Waals surface area contributed by atoms with Gasteiger partial charge in [0.2, 0.25) is 5.91 Å². The maximum Gasteiger partial charge on any atom is 0.265 e. The molecule has 0 bridgehead atoms. The van der Waals surface area contributed by atoms with E-state index < -0.39 is 22.5 Å². The van der Waals surface area contributed by atoms with Gasteiger partial charge in [-0.3, -0.25) is 9.10 Å². The summed E-state index contributed by atoms with van der Waals surface area (Å²) in [4.78, 5) is 12.3. The van der Waals surface area contributed by atoms with Gasteiger partial charge in [-0.15, -0.1) is 6.58 Å². The van der Waals surface area contributed by atoms with E-state index in [-0.39, 0.29) is 33.6 Å². The Morgan fingerprint density at radius 3 is 2.30 bits per heavy atom. The van der Waals surface area contributed by atoms with Gasteiger partial charge in [0, 0.05) is 17.6 Å². The van der Waals surface area contributed by atoms with Gasteiger partial charge in [-0.25, -0.2) is 8.42 Å². The summed E-state index contributed by atoms with van der Waals surface area (Å²) in [5.41, 5.74) is 0.119. The second kappa shape index (κ2) is 10.2. The van der Waals surface area contributed by atoms with Crippen LogP contribution < -0.4 is 23.8 Å². The Balaban J connectivity index is 2.62. The molecule has 0 saturated carbocycles. The Kier molecular flexibility index (Phi) is 7.96. The highest BCUT2D eigenvalue weighted by Gasteiger charge is 2.30. The molecule has 0 saturated heterocycles. The minimum absolute atomic E-state index is 0.0984. The number of carbonyl (C=O) groups excluding carboxylic acids is 1. The monoisotopic (exact) mass is 454 g/mol. The molecular formula is C20H23ClN2O6S. The van der Waals surface area contributed by atoms with Crippen molar-refractivity contribution in [3.05, 3.63) is 54.1 Å². The van der Waals surface area contributed by atoms with Crippen molar-refractivity contribution in [2.24, 2.45) is 0 Å². The fraction of sp³-hybridized carbons (Fsp3) is 0.250. The van der Waals surface area contributed by atoms with Crippen LogP contribution in [0, 0.1) is 0 Å². The van der Waals surface area contributed by atoms with Crippen LogP contribution in [0.5, 0.6) is 17.2 Å². The van der Waals surface area contributed by atoms with Crippen molar-refractivity contribution in [1.82, 2.24) is 5.32 Å². The molecular weight excluding hydrogens is 432 g/mol. The topological polar surface area (TPSA) is 94.2 Å². The smallest absolute Gasteiger partial charge is 0.265 e. The van der Waals surface area contributed by atoms with Gasteiger partial charge in [0.1, 0.15) is 12.3 Å². The highest BCUT2D eigenvalue weighted by Crippen LogP contribution is 2.36. The molecule has 0 unspecified atom stereocenters. The molecule has 2 aromatic rings. The SMILES string of the molecule is C=CCNC(=O)CN(c1cc(Cl)ccc1OC)S(=O)(=O)c1ccc(OC)c(OC)c1. The number of carbonyl (C=O) groups is 1. The summed E-state index contributed by atoms with van der Waals surface area (Å²) >= 11 is 6.09. The van der Waals surface area contributed by atoms with Crippen LogP contribution in [-0.4, -0.2) is 48.7 Å². The van der Waals surface area contributed by atoms with Gasteiger partial charge in [0.15, 0.2) is 11.5 Å². The van der Waals surface area contributed by atoms with E-state index in [1.807, 2.05) is 0 Å². The van der Waals surface area contributed by atoms with Crippen molar-refractivity contribution in [3.63, 3.8) is 0 Å². The first-order chi connectivity index (χ1) is 14.3. The van der Waals surface area contributed by atoms with E-state index >= 15 is 0 Å². The molecule has 10 heteroatoms. The molecule has 0 heterocycles. The number of benzene rings is 2. The molecule has 0 aliphatic carbocycles. The number of nitrogens with zero attached hydrogens (tertiary/aromatic N) is 1. The zero-order chi connectivity index (χ0) is 22.3. The van der Waals surface area contributed by atoms with Crippen LogP contribution in [0.2, 0.25) is 5.02 Å². The van der Waals surface area contributed by atoms with Crippen LogP contribution in [0.25, 0.3) is 0 Å². The molecule has 0 spiro atoms. The van der Waals surface area contributed by atoms with Crippen molar-refractivity contribution < 1.29 is 27.4 Å². The number of anilines is 1. The second-order valence-electron chi connectivity index (χ2n) is 5.94. The number of nitrogens with one attached hydrogen (secondary N) is 1. The average Bonchev–Trinajstić information content (AvgIpc) is 2.75. The second-order valence-corrected chi connectivity index (χ2v) is 8.24. The summed E-state index contributed by atoms with van der Waals surface area (Å²) in [6, 6.07) is 8.65. The lowest BCUT2D eigenvalue weighted by atomic mass is 10.3. The van der Waals surface area contributed by atoms with Gasteiger partial charge < -0.3 is 19.5 Å². The minimum atomic E-state index is -4.21. The maximum absolute atomic E-state index is 13.5. The lowest BCUT2D eigenvalue weighted by Gasteiger charge is -2.26. The van der Waals surface area contributed by atoms with E-state index in [4.69, 9.17) is 25.8 Å². The van der Waals surface area contributed by atoms with E-state index in [1.54, 1.807) is 6.07 Å². The number of sulfonamides is 1. The Morgan fingerprint density at radius 2 is 1.70 bits per heavy atom. The van der Waals surface area contributed by atoms with Crippen LogP contribution in [0.15, 0.2) is 53.9 Å². The first kappa shape index (κ1) is 23.4. The van der Waals surface area contributed by atoms with Gasteiger partial charge in [0.25, 0.3) is 10.0 Å². The highest BCUT2D eigenvalue weighted by atomic mass is 35.5. The van der Waals surface area contributed by atoms with Crippen molar-refractivity contribution >= 4 is 33.2 Å². The molecule has 162 valence electrons. The third-order valence-corrected chi connectivity index (χ3v) is 6.07. The van der Waals surface area contributed by atoms with E-state index in [2.05, 4.69) is 11.9 Å². The zero-order valence-corrected chi connectivity index (χ0v) is 18.4. The molecule has 0 fully saturated rings. The van der Waals surface area contributed by atoms with Gasteiger partial charge in [0.05, 0.1) is 31.9 Å². The number of hydrogen-bond acceptors (Lipinski definition) is 6. The van der Waals surface area contributed by atoms with Crippen LogP contribution in [0.4, 0.5) is 5.69 Å². The maximum atomic E-state index is 13.5. The summed E-state index contributed by atoms with van der Waals surface area (Å²) in [5, 5.41) is 2.85. The van der Waals surface area contributed by atoms with Gasteiger partial charge >= 0.3 is 0 Å². The Hall–Kier alpha value is -2.91. The molecule has 2 rings (SSSR count). The summed E-state index contributed by atoms with van der Waals surface area (Å²) in [6.07, 6.45) is 1.49. The third kappa shape index (κ3) is 5.17. The lowest BCUT2D eigenvalue weighted by Crippen LogP contribution is -2.41. The van der Waals surface area contributed by atoms with E-state index in [0.29, 0.717) is 5.75 Å². The van der Waals surface area contributed by atoms with Crippen molar-refractivity contribution in [3.8, 4) is 17.2 Å². The molecule has 30 heavy (non-hydrogen) atoms. The number of rotatable bonds is 10. The quantitative estimate of drug-likeness (QED) is 0.555. The number of halogens is 1. The molecule has 0 radical (unpaired) electrons. The Bertz CT molecular complexity index is 1030. The van der Waals surface area contributed by atoms with Gasteiger partial charge in [-0.1, -0.05) is 17.7 Å². The summed E-state index contributed by atoms with van der Waals surface area (Å²) in [6.45, 7) is 3.22. The largest absolute Gasteiger partial charge is 0.495 e. The van der Waals surface area contributed by atoms with Gasteiger partial charge in [-0.2, -0.15) is 0 Å².